The first-order chi connectivity index (χ1) is 6.50. The van der Waals surface area contributed by atoms with Crippen LogP contribution in [0.25, 0.3) is 0 Å². The number of carbonyl (C=O) groups is 1. The third-order valence-corrected chi connectivity index (χ3v) is 1.58. The molecule has 0 aliphatic rings. The van der Waals surface area contributed by atoms with Gasteiger partial charge in [-0.3, -0.25) is 10.1 Å². The molecule has 0 aromatic heterocycles. The largest absolute Gasteiger partial charge is 0.550 e. The Bertz CT molecular complexity index is 387. The zero-order valence-corrected chi connectivity index (χ0v) is 6.97. The van der Waals surface area contributed by atoms with Crippen molar-refractivity contribution in [1.82, 2.24) is 0 Å². The molecule has 0 spiro atoms. The van der Waals surface area contributed by atoms with Crippen molar-refractivity contribution < 1.29 is 19.9 Å². The SMILES string of the molecule is O=C([O-])Cc1ccc(O)c([N+](=O)[O-])c1. The molecule has 0 heterocycles. The maximum Gasteiger partial charge on any atom is 0.310 e. The van der Waals surface area contributed by atoms with E-state index in [1.807, 2.05) is 0 Å². The maximum absolute atomic E-state index is 10.3. The van der Waals surface area contributed by atoms with E-state index in [4.69, 9.17) is 5.11 Å². The highest BCUT2D eigenvalue weighted by molar-refractivity contribution is 5.68. The second kappa shape index (κ2) is 3.73. The topological polar surface area (TPSA) is 104 Å². The molecule has 0 radical (unpaired) electrons. The van der Waals surface area contributed by atoms with Crippen molar-refractivity contribution in [2.75, 3.05) is 0 Å². The zero-order valence-electron chi connectivity index (χ0n) is 6.97. The van der Waals surface area contributed by atoms with Crippen molar-refractivity contribution in [2.45, 2.75) is 6.42 Å². The number of hydrogen-bond acceptors (Lipinski definition) is 5. The normalized spacial score (nSPS) is 9.71. The second-order valence-corrected chi connectivity index (χ2v) is 2.63. The highest BCUT2D eigenvalue weighted by Crippen LogP contribution is 2.26. The summed E-state index contributed by atoms with van der Waals surface area (Å²) in [5, 5.41) is 29.6. The number of nitro groups is 1. The first-order valence-corrected chi connectivity index (χ1v) is 3.67. The highest BCUT2D eigenvalue weighted by Gasteiger charge is 2.13. The molecule has 0 fully saturated rings. The van der Waals surface area contributed by atoms with Crippen LogP contribution in [-0.2, 0) is 11.2 Å². The fraction of sp³-hybridized carbons (Fsp3) is 0.125. The molecule has 0 aliphatic heterocycles. The van der Waals surface area contributed by atoms with E-state index in [1.54, 1.807) is 0 Å². The lowest BCUT2D eigenvalue weighted by molar-refractivity contribution is -0.385. The first kappa shape index (κ1) is 9.97. The summed E-state index contributed by atoms with van der Waals surface area (Å²) >= 11 is 0. The van der Waals surface area contributed by atoms with E-state index >= 15 is 0 Å². The molecule has 74 valence electrons. The van der Waals surface area contributed by atoms with Crippen LogP contribution in [-0.4, -0.2) is 16.0 Å². The highest BCUT2D eigenvalue weighted by atomic mass is 16.6. The van der Waals surface area contributed by atoms with Gasteiger partial charge in [-0.05, 0) is 11.6 Å². The summed E-state index contributed by atoms with van der Waals surface area (Å²) in [7, 11) is 0. The lowest BCUT2D eigenvalue weighted by atomic mass is 10.1. The molecule has 0 atom stereocenters. The zero-order chi connectivity index (χ0) is 10.7. The molecule has 0 unspecified atom stereocenters. The molecule has 14 heavy (non-hydrogen) atoms. The number of nitro benzene ring substituents is 1. The number of aliphatic carboxylic acids is 1. The first-order valence-electron chi connectivity index (χ1n) is 3.67. The number of nitrogens with zero attached hydrogens (tertiary/aromatic N) is 1. The van der Waals surface area contributed by atoms with Gasteiger partial charge in [-0.15, -0.1) is 0 Å². The summed E-state index contributed by atoms with van der Waals surface area (Å²) in [5.74, 6) is -1.82. The minimum Gasteiger partial charge on any atom is -0.550 e. The fourth-order valence-electron chi connectivity index (χ4n) is 0.992. The van der Waals surface area contributed by atoms with E-state index in [0.29, 0.717) is 0 Å². The van der Waals surface area contributed by atoms with Gasteiger partial charge in [0.25, 0.3) is 0 Å². The van der Waals surface area contributed by atoms with Crippen molar-refractivity contribution in [3.8, 4) is 5.75 Å². The molecule has 1 N–H and O–H groups in total. The summed E-state index contributed by atoms with van der Waals surface area (Å²) in [5.41, 5.74) is -0.293. The van der Waals surface area contributed by atoms with E-state index in [-0.39, 0.29) is 5.56 Å². The van der Waals surface area contributed by atoms with Gasteiger partial charge in [-0.25, -0.2) is 0 Å². The van der Waals surface area contributed by atoms with Gasteiger partial charge in [0.15, 0.2) is 5.75 Å². The summed E-state index contributed by atoms with van der Waals surface area (Å²) in [6, 6.07) is 3.37. The number of aromatic hydroxyl groups is 1. The fourth-order valence-corrected chi connectivity index (χ4v) is 0.992. The van der Waals surface area contributed by atoms with Gasteiger partial charge in [0.05, 0.1) is 4.92 Å². The molecule has 0 saturated heterocycles. The van der Waals surface area contributed by atoms with Crippen LogP contribution in [0.4, 0.5) is 5.69 Å². The van der Waals surface area contributed by atoms with Gasteiger partial charge >= 0.3 is 5.69 Å². The monoisotopic (exact) mass is 196 g/mol. The van der Waals surface area contributed by atoms with Gasteiger partial charge in [-0.2, -0.15) is 0 Å². The van der Waals surface area contributed by atoms with E-state index < -0.39 is 28.8 Å². The number of hydrogen-bond donors (Lipinski definition) is 1. The number of phenolic OH excluding ortho intramolecular Hbond substituents is 1. The van der Waals surface area contributed by atoms with Gasteiger partial charge in [0, 0.05) is 18.5 Å². The van der Waals surface area contributed by atoms with E-state index in [9.17, 15) is 20.0 Å². The van der Waals surface area contributed by atoms with Crippen molar-refractivity contribution in [1.29, 1.82) is 0 Å². The summed E-state index contributed by atoms with van der Waals surface area (Å²) < 4.78 is 0. The number of carboxylic acid groups (broad SMARTS) is 1. The standard InChI is InChI=1S/C8H7NO5/c10-7-2-1-5(4-8(11)12)3-6(7)9(13)14/h1-3,10H,4H2,(H,11,12)/p-1. The van der Waals surface area contributed by atoms with Crippen molar-refractivity contribution in [2.24, 2.45) is 0 Å². The van der Waals surface area contributed by atoms with E-state index in [2.05, 4.69) is 0 Å². The van der Waals surface area contributed by atoms with Gasteiger partial charge in [0.2, 0.25) is 0 Å². The Kier molecular flexibility index (Phi) is 2.66. The second-order valence-electron chi connectivity index (χ2n) is 2.63. The number of phenols is 1. The average Bonchev–Trinajstić information content (AvgIpc) is 2.07. The summed E-state index contributed by atoms with van der Waals surface area (Å²) in [6.45, 7) is 0. The average molecular weight is 196 g/mol. The minimum absolute atomic E-state index is 0.217. The third-order valence-electron chi connectivity index (χ3n) is 1.58. The molecule has 6 heteroatoms. The van der Waals surface area contributed by atoms with Crippen LogP contribution in [0, 0.1) is 10.1 Å². The Hall–Kier alpha value is -2.11. The molecule has 1 aromatic carbocycles. The van der Waals surface area contributed by atoms with Crippen LogP contribution >= 0.6 is 0 Å². The van der Waals surface area contributed by atoms with Crippen molar-refractivity contribution in [3.63, 3.8) is 0 Å². The lowest BCUT2D eigenvalue weighted by Gasteiger charge is -2.02. The molecule has 0 aliphatic carbocycles. The van der Waals surface area contributed by atoms with Crippen molar-refractivity contribution in [3.05, 3.63) is 33.9 Å². The van der Waals surface area contributed by atoms with Gasteiger partial charge in [-0.1, -0.05) is 6.07 Å². The summed E-state index contributed by atoms with van der Waals surface area (Å²) in [6.07, 6.45) is -0.416. The number of carbonyl (C=O) groups excluding carboxylic acids is 1. The number of carboxylic acids is 1. The molecule has 1 rings (SSSR count). The molecule has 0 amide bonds. The van der Waals surface area contributed by atoms with E-state index in [1.165, 1.54) is 6.07 Å². The van der Waals surface area contributed by atoms with Gasteiger partial charge < -0.3 is 15.0 Å². The van der Waals surface area contributed by atoms with E-state index in [0.717, 1.165) is 12.1 Å². The van der Waals surface area contributed by atoms with Gasteiger partial charge in [0.1, 0.15) is 0 Å². The quantitative estimate of drug-likeness (QED) is 0.522. The lowest BCUT2D eigenvalue weighted by Crippen LogP contribution is -2.24. The van der Waals surface area contributed by atoms with Crippen LogP contribution in [0.3, 0.4) is 0 Å². The Morgan fingerprint density at radius 1 is 1.50 bits per heavy atom. The van der Waals surface area contributed by atoms with Crippen LogP contribution in [0.1, 0.15) is 5.56 Å². The third kappa shape index (κ3) is 2.19. The Morgan fingerprint density at radius 3 is 2.64 bits per heavy atom. The van der Waals surface area contributed by atoms with Crippen molar-refractivity contribution >= 4 is 11.7 Å². The smallest absolute Gasteiger partial charge is 0.310 e. The van der Waals surface area contributed by atoms with Crippen LogP contribution in [0.5, 0.6) is 5.75 Å². The molecular formula is C8H6NO5-. The van der Waals surface area contributed by atoms with Crippen LogP contribution < -0.4 is 5.11 Å². The molecular weight excluding hydrogens is 190 g/mol. The molecule has 1 aromatic rings. The predicted molar refractivity (Wildman–Crippen MR) is 43.5 cm³/mol. The Morgan fingerprint density at radius 2 is 2.14 bits per heavy atom. The Labute approximate surface area is 78.6 Å². The molecule has 6 nitrogen and oxygen atoms in total. The van der Waals surface area contributed by atoms with Crippen LogP contribution in [0.2, 0.25) is 0 Å². The maximum atomic E-state index is 10.3. The summed E-state index contributed by atoms with van der Waals surface area (Å²) in [4.78, 5) is 19.7. The molecule has 0 bridgehead atoms. The predicted octanol–water partition coefficient (Wildman–Crippen LogP) is -0.407. The Balaban J connectivity index is 3.06. The number of rotatable bonds is 3. The van der Waals surface area contributed by atoms with Crippen LogP contribution in [0.15, 0.2) is 18.2 Å². The minimum atomic E-state index is -1.33. The number of benzene rings is 1. The molecule has 0 saturated carbocycles.